The van der Waals surface area contributed by atoms with Gasteiger partial charge in [-0.2, -0.15) is 17.2 Å². The summed E-state index contributed by atoms with van der Waals surface area (Å²) in [6.45, 7) is 8.61. The second-order valence-electron chi connectivity index (χ2n) is 11.6. The first-order chi connectivity index (χ1) is 21.9. The number of aromatic nitrogens is 4. The Hall–Kier alpha value is -4.47. The number of rotatable bonds is 8. The average molecular weight is 771 g/mol. The fourth-order valence-corrected chi connectivity index (χ4v) is 5.94. The molecule has 0 spiro atoms. The molecule has 3 aromatic heterocycles. The Morgan fingerprint density at radius 1 is 0.867 bits per heavy atom. The van der Waals surface area contributed by atoms with E-state index < -0.39 is 0 Å². The van der Waals surface area contributed by atoms with Gasteiger partial charge in [-0.15, -0.1) is 35.7 Å². The molecule has 4 aromatic carbocycles. The fourth-order valence-electron chi connectivity index (χ4n) is 5.94. The summed E-state index contributed by atoms with van der Waals surface area (Å²) in [6, 6.07) is 37.5. The van der Waals surface area contributed by atoms with Crippen LogP contribution in [-0.4, -0.2) is 19.3 Å². The van der Waals surface area contributed by atoms with Crippen LogP contribution < -0.4 is 4.74 Å². The minimum absolute atomic E-state index is 0. The van der Waals surface area contributed by atoms with Gasteiger partial charge in [-0.3, -0.25) is 4.68 Å². The minimum atomic E-state index is 0. The third-order valence-corrected chi connectivity index (χ3v) is 8.10. The van der Waals surface area contributed by atoms with Crippen LogP contribution in [0.15, 0.2) is 103 Å². The van der Waals surface area contributed by atoms with Crippen LogP contribution in [0.2, 0.25) is 0 Å². The van der Waals surface area contributed by atoms with E-state index in [4.69, 9.17) is 16.2 Å². The maximum atomic E-state index is 8.28. The molecule has 0 amide bonds. The van der Waals surface area contributed by atoms with Crippen LogP contribution in [0.3, 0.4) is 0 Å². The van der Waals surface area contributed by atoms with Gasteiger partial charge in [-0.25, -0.2) is 4.98 Å². The van der Waals surface area contributed by atoms with Gasteiger partial charge >= 0.3 is 21.1 Å². The molecule has 7 rings (SSSR count). The van der Waals surface area contributed by atoms with E-state index in [0.29, 0.717) is 23.5 Å². The summed E-state index contributed by atoms with van der Waals surface area (Å²) in [5.41, 5.74) is 8.15. The molecule has 5 nitrogen and oxygen atoms in total. The van der Waals surface area contributed by atoms with E-state index in [9.17, 15) is 0 Å². The van der Waals surface area contributed by atoms with Crippen LogP contribution in [0, 0.1) is 31.9 Å². The Morgan fingerprint density at radius 3 is 2.51 bits per heavy atom. The summed E-state index contributed by atoms with van der Waals surface area (Å²) in [7, 11) is 0. The summed E-state index contributed by atoms with van der Waals surface area (Å²) >= 11 is 0. The number of ether oxygens (including phenoxy) is 1. The number of benzene rings is 4. The Bertz CT molecular complexity index is 2170. The molecule has 0 bridgehead atoms. The molecule has 0 aliphatic rings. The number of hydrogen-bond donors (Lipinski definition) is 0. The van der Waals surface area contributed by atoms with Crippen molar-refractivity contribution >= 4 is 21.8 Å². The smallest absolute Gasteiger partial charge is 0.509 e. The zero-order valence-corrected chi connectivity index (χ0v) is 28.0. The summed E-state index contributed by atoms with van der Waals surface area (Å²) in [5, 5.41) is 6.83. The summed E-state index contributed by atoms with van der Waals surface area (Å²) < 4.78 is 18.7. The van der Waals surface area contributed by atoms with E-state index in [0.717, 1.165) is 68.7 Å². The second kappa shape index (κ2) is 12.9. The zero-order valence-electron chi connectivity index (χ0n) is 26.7. The summed E-state index contributed by atoms with van der Waals surface area (Å²) in [4.78, 5) is 4.77. The van der Waals surface area contributed by atoms with Gasteiger partial charge in [0.1, 0.15) is 5.82 Å². The summed E-state index contributed by atoms with van der Waals surface area (Å²) in [6.07, 6.45) is 3.99. The van der Waals surface area contributed by atoms with Gasteiger partial charge in [0.2, 0.25) is 0 Å². The number of pyridine rings is 1. The Morgan fingerprint density at radius 2 is 1.69 bits per heavy atom. The van der Waals surface area contributed by atoms with Gasteiger partial charge in [0.25, 0.3) is 0 Å². The van der Waals surface area contributed by atoms with Crippen molar-refractivity contribution in [1.29, 1.82) is 0 Å². The molecule has 0 unspecified atom stereocenters. The van der Waals surface area contributed by atoms with Crippen molar-refractivity contribution in [1.82, 2.24) is 19.3 Å². The van der Waals surface area contributed by atoms with E-state index in [1.807, 2.05) is 84.5 Å². The van der Waals surface area contributed by atoms with Gasteiger partial charge in [0, 0.05) is 34.5 Å². The van der Waals surface area contributed by atoms with Crippen LogP contribution in [0.5, 0.6) is 11.5 Å². The topological polar surface area (TPSA) is 44.9 Å². The molecular weight excluding hydrogens is 736 g/mol. The molecular formula is C39H34N4OPt. The van der Waals surface area contributed by atoms with Crippen LogP contribution in [0.25, 0.3) is 44.4 Å². The molecule has 0 saturated carbocycles. The SMILES string of the molecule is [2H]c1ccc2c(c1)c1ccc(Oc3[c-]c(-n4nc(C)c(-c5ccccc5)c4C)ccc3)[c-]c1n2-c1cc(CCC(C)C)ccn1.[Pt+2]. The van der Waals surface area contributed by atoms with Gasteiger partial charge < -0.3 is 9.30 Å². The molecule has 3 heterocycles. The standard InChI is InChI=1S/C39H34N4O.Pt/c1-26(2)17-18-29-21-22-40-38(23-29)42-36-16-9-8-15-34(36)35-20-19-33(25-37(35)42)44-32-14-10-13-31(24-32)43-28(4)39(27(3)41-43)30-11-6-5-7-12-30;/h5-16,19-23,26H,17-18H2,1-4H3;/q-2;+2/i8D;. The number of aryl methyl sites for hydroxylation is 2. The van der Waals surface area contributed by atoms with E-state index in [2.05, 4.69) is 61.7 Å². The molecule has 7 aromatic rings. The first-order valence-corrected chi connectivity index (χ1v) is 15.1. The van der Waals surface area contributed by atoms with Crippen molar-refractivity contribution in [3.8, 4) is 34.1 Å². The Kier molecular flexibility index (Phi) is 8.36. The van der Waals surface area contributed by atoms with Crippen molar-refractivity contribution in [3.05, 3.63) is 132 Å². The van der Waals surface area contributed by atoms with E-state index in [1.165, 1.54) is 5.56 Å². The van der Waals surface area contributed by atoms with Gasteiger partial charge in [0.05, 0.1) is 7.06 Å². The monoisotopic (exact) mass is 770 g/mol. The van der Waals surface area contributed by atoms with Crippen molar-refractivity contribution in [3.63, 3.8) is 0 Å². The van der Waals surface area contributed by atoms with Crippen LogP contribution in [0.1, 0.15) is 38.6 Å². The molecule has 6 heteroatoms. The Labute approximate surface area is 280 Å². The van der Waals surface area contributed by atoms with Gasteiger partial charge in [0.15, 0.2) is 0 Å². The van der Waals surface area contributed by atoms with Gasteiger partial charge in [-0.1, -0.05) is 67.9 Å². The normalized spacial score (nSPS) is 11.6. The van der Waals surface area contributed by atoms with E-state index in [1.54, 1.807) is 0 Å². The van der Waals surface area contributed by atoms with Crippen molar-refractivity contribution in [2.75, 3.05) is 0 Å². The third-order valence-electron chi connectivity index (χ3n) is 8.10. The van der Waals surface area contributed by atoms with Crippen molar-refractivity contribution in [2.45, 2.75) is 40.5 Å². The molecule has 0 aliphatic heterocycles. The van der Waals surface area contributed by atoms with Crippen LogP contribution in [-0.2, 0) is 27.5 Å². The quantitative estimate of drug-likeness (QED) is 0.145. The molecule has 226 valence electrons. The fraction of sp³-hybridized carbons (Fsp3) is 0.179. The second-order valence-corrected chi connectivity index (χ2v) is 11.6. The number of hydrogen-bond acceptors (Lipinski definition) is 3. The number of nitrogens with zero attached hydrogens (tertiary/aromatic N) is 4. The molecule has 0 radical (unpaired) electrons. The minimum Gasteiger partial charge on any atom is -0.509 e. The largest absolute Gasteiger partial charge is 2.00 e. The first kappa shape index (κ1) is 29.3. The number of para-hydroxylation sites is 1. The first-order valence-electron chi connectivity index (χ1n) is 15.6. The number of fused-ring (bicyclic) bond motifs is 3. The van der Waals surface area contributed by atoms with Gasteiger partial charge in [-0.05, 0) is 73.0 Å². The van der Waals surface area contributed by atoms with Crippen molar-refractivity contribution < 1.29 is 27.2 Å². The molecule has 0 atom stereocenters. The molecule has 45 heavy (non-hydrogen) atoms. The average Bonchev–Trinajstić information content (AvgIpc) is 3.52. The molecule has 0 saturated heterocycles. The molecule has 0 fully saturated rings. The maximum Gasteiger partial charge on any atom is 2.00 e. The zero-order chi connectivity index (χ0) is 31.1. The maximum absolute atomic E-state index is 8.28. The van der Waals surface area contributed by atoms with E-state index in [-0.39, 0.29) is 21.1 Å². The van der Waals surface area contributed by atoms with Crippen LogP contribution >= 0.6 is 0 Å². The Balaban J connectivity index is 0.00000372. The van der Waals surface area contributed by atoms with E-state index >= 15 is 0 Å². The van der Waals surface area contributed by atoms with Crippen LogP contribution in [0.4, 0.5) is 0 Å². The molecule has 0 N–H and O–H groups in total. The van der Waals surface area contributed by atoms with Crippen molar-refractivity contribution in [2.24, 2.45) is 5.92 Å². The predicted octanol–water partition coefficient (Wildman–Crippen LogP) is 9.63. The summed E-state index contributed by atoms with van der Waals surface area (Å²) in [5.74, 6) is 2.60. The predicted molar refractivity (Wildman–Crippen MR) is 178 cm³/mol. The third kappa shape index (κ3) is 5.97. The molecule has 0 aliphatic carbocycles.